The van der Waals surface area contributed by atoms with E-state index in [1.807, 2.05) is 0 Å². The van der Waals surface area contributed by atoms with Crippen LogP contribution in [0.25, 0.3) is 0 Å². The molecule has 9 heavy (non-hydrogen) atoms. The molecular weight excluding hydrogens is 167 g/mol. The molecular formula is C2H5F5OS. The van der Waals surface area contributed by atoms with Gasteiger partial charge in [0.05, 0.1) is 6.61 Å². The molecule has 7 heteroatoms. The molecule has 0 bridgehead atoms. The Kier molecular flexibility index (Phi) is 1.33. The van der Waals surface area contributed by atoms with Gasteiger partial charge in [0.2, 0.25) is 0 Å². The fourth-order valence-corrected chi connectivity index (χ4v) is 0.518. The first-order valence-corrected chi connectivity index (χ1v) is 4.00. The number of hydrogen-bond acceptors (Lipinski definition) is 1. The SMILES string of the molecule is OCCS(F)(F)(F)(F)F. The van der Waals surface area contributed by atoms with Crippen LogP contribution in [0.3, 0.4) is 0 Å². The highest BCUT2D eigenvalue weighted by molar-refractivity contribution is 8.45. The van der Waals surface area contributed by atoms with E-state index in [9.17, 15) is 19.4 Å². The lowest BCUT2D eigenvalue weighted by Crippen LogP contribution is -2.13. The highest BCUT2D eigenvalue weighted by Gasteiger charge is 2.62. The molecule has 0 aromatic carbocycles. The van der Waals surface area contributed by atoms with E-state index < -0.39 is 22.6 Å². The maximum atomic E-state index is 11.1. The maximum absolute atomic E-state index is 11.1. The van der Waals surface area contributed by atoms with Crippen molar-refractivity contribution in [2.24, 2.45) is 0 Å². The average molecular weight is 172 g/mol. The van der Waals surface area contributed by atoms with Crippen LogP contribution >= 0.6 is 10.2 Å². The molecule has 0 spiro atoms. The summed E-state index contributed by atoms with van der Waals surface area (Å²) in [5.74, 6) is -2.39. The van der Waals surface area contributed by atoms with E-state index >= 15 is 0 Å². The molecule has 0 radical (unpaired) electrons. The predicted octanol–water partition coefficient (Wildman–Crippen LogP) is 2.28. The van der Waals surface area contributed by atoms with Gasteiger partial charge < -0.3 is 5.11 Å². The standard InChI is InChI=1S/C2H5F5OS/c3-9(4,5,6,7)2-1-8/h8H,1-2H2. The van der Waals surface area contributed by atoms with E-state index in [-0.39, 0.29) is 0 Å². The zero-order valence-electron chi connectivity index (χ0n) is 4.16. The average Bonchev–Trinajstić information content (AvgIpc) is 1.22. The smallest absolute Gasteiger partial charge is 0.287 e. The first-order chi connectivity index (χ1) is 3.54. The molecule has 0 fully saturated rings. The first-order valence-electron chi connectivity index (χ1n) is 1.88. The van der Waals surface area contributed by atoms with Crippen molar-refractivity contribution in [3.8, 4) is 0 Å². The van der Waals surface area contributed by atoms with Gasteiger partial charge in [0.15, 0.2) is 0 Å². The summed E-state index contributed by atoms with van der Waals surface area (Å²) in [5.41, 5.74) is 0. The van der Waals surface area contributed by atoms with E-state index in [0.29, 0.717) is 0 Å². The molecule has 0 aliphatic heterocycles. The van der Waals surface area contributed by atoms with Gasteiger partial charge in [-0.25, -0.2) is 0 Å². The molecule has 0 rings (SSSR count). The summed E-state index contributed by atoms with van der Waals surface area (Å²) in [6.07, 6.45) is 0. The molecule has 0 saturated carbocycles. The second-order valence-electron chi connectivity index (χ2n) is 1.56. The fourth-order valence-electron chi connectivity index (χ4n) is 0.173. The molecule has 0 aromatic heterocycles. The van der Waals surface area contributed by atoms with Crippen LogP contribution in [0.4, 0.5) is 19.4 Å². The third kappa shape index (κ3) is 7.96. The van der Waals surface area contributed by atoms with Crippen molar-refractivity contribution in [2.45, 2.75) is 0 Å². The molecule has 1 N–H and O–H groups in total. The monoisotopic (exact) mass is 172 g/mol. The molecule has 0 aliphatic carbocycles. The second kappa shape index (κ2) is 1.34. The van der Waals surface area contributed by atoms with Crippen LogP contribution in [-0.4, -0.2) is 17.5 Å². The van der Waals surface area contributed by atoms with Crippen LogP contribution in [-0.2, 0) is 0 Å². The zero-order valence-corrected chi connectivity index (χ0v) is 4.98. The van der Waals surface area contributed by atoms with Crippen LogP contribution < -0.4 is 0 Å². The minimum Gasteiger partial charge on any atom is -0.395 e. The van der Waals surface area contributed by atoms with Gasteiger partial charge in [-0.15, -0.1) is 0 Å². The summed E-state index contributed by atoms with van der Waals surface area (Å²) in [5, 5.41) is 7.56. The number of rotatable bonds is 2. The Morgan fingerprint density at radius 3 is 1.33 bits per heavy atom. The van der Waals surface area contributed by atoms with Gasteiger partial charge in [0.1, 0.15) is 5.75 Å². The molecule has 0 aromatic rings. The Labute approximate surface area is 48.2 Å². The number of halogens is 5. The van der Waals surface area contributed by atoms with Crippen molar-refractivity contribution in [3.63, 3.8) is 0 Å². The van der Waals surface area contributed by atoms with Crippen LogP contribution in [0.5, 0.6) is 0 Å². The highest BCUT2D eigenvalue weighted by atomic mass is 32.5. The normalized spacial score (nSPS) is 20.7. The van der Waals surface area contributed by atoms with E-state index in [0.717, 1.165) is 0 Å². The van der Waals surface area contributed by atoms with Crippen LogP contribution in [0.1, 0.15) is 0 Å². The van der Waals surface area contributed by atoms with Crippen LogP contribution in [0.2, 0.25) is 0 Å². The second-order valence-corrected chi connectivity index (χ2v) is 4.22. The number of aliphatic hydroxyl groups is 1. The Hall–Kier alpha value is -0.0400. The minimum absolute atomic E-state index is 1.56. The highest BCUT2D eigenvalue weighted by Crippen LogP contribution is 2.97. The van der Waals surface area contributed by atoms with Gasteiger partial charge in [-0.2, -0.15) is 0 Å². The summed E-state index contributed by atoms with van der Waals surface area (Å²) >= 11 is 0. The molecule has 0 saturated heterocycles. The van der Waals surface area contributed by atoms with Gasteiger partial charge in [0.25, 0.3) is 10.2 Å². The van der Waals surface area contributed by atoms with Crippen molar-refractivity contribution in [1.82, 2.24) is 0 Å². The summed E-state index contributed by atoms with van der Waals surface area (Å²) in [6.45, 7) is -1.56. The van der Waals surface area contributed by atoms with E-state index in [1.54, 1.807) is 0 Å². The van der Waals surface area contributed by atoms with Crippen molar-refractivity contribution in [3.05, 3.63) is 0 Å². The molecule has 0 aliphatic rings. The third-order valence-electron chi connectivity index (χ3n) is 0.477. The predicted molar refractivity (Wildman–Crippen MR) is 25.1 cm³/mol. The lowest BCUT2D eigenvalue weighted by molar-refractivity contribution is 0.289. The van der Waals surface area contributed by atoms with Gasteiger partial charge >= 0.3 is 0 Å². The number of hydrogen-bond donors (Lipinski definition) is 1. The van der Waals surface area contributed by atoms with E-state index in [2.05, 4.69) is 0 Å². The Balaban J connectivity index is 4.34. The Morgan fingerprint density at radius 2 is 1.33 bits per heavy atom. The molecule has 0 heterocycles. The lowest BCUT2D eigenvalue weighted by Gasteiger charge is -2.39. The molecule has 0 atom stereocenters. The fraction of sp³-hybridized carbons (Fsp3) is 1.00. The molecule has 0 unspecified atom stereocenters. The van der Waals surface area contributed by atoms with Gasteiger partial charge in [0, 0.05) is 0 Å². The van der Waals surface area contributed by atoms with Gasteiger partial charge in [-0.1, -0.05) is 19.4 Å². The van der Waals surface area contributed by atoms with E-state index in [4.69, 9.17) is 5.11 Å². The van der Waals surface area contributed by atoms with E-state index in [1.165, 1.54) is 0 Å². The van der Waals surface area contributed by atoms with Gasteiger partial charge in [-0.05, 0) is 0 Å². The van der Waals surface area contributed by atoms with Crippen LogP contribution in [0.15, 0.2) is 0 Å². The number of aliphatic hydroxyl groups excluding tert-OH is 1. The lowest BCUT2D eigenvalue weighted by atomic mass is 10.9. The topological polar surface area (TPSA) is 20.2 Å². The summed E-state index contributed by atoms with van der Waals surface area (Å²) in [7, 11) is -9.28. The zero-order chi connectivity index (χ0) is 7.82. The third-order valence-corrected chi connectivity index (χ3v) is 1.43. The summed E-state index contributed by atoms with van der Waals surface area (Å²) in [4.78, 5) is 0. The van der Waals surface area contributed by atoms with Crippen molar-refractivity contribution >= 4 is 10.2 Å². The molecule has 1 nitrogen and oxygen atoms in total. The molecule has 0 amide bonds. The largest absolute Gasteiger partial charge is 0.395 e. The van der Waals surface area contributed by atoms with Gasteiger partial charge in [-0.3, -0.25) is 0 Å². The van der Waals surface area contributed by atoms with Crippen molar-refractivity contribution in [1.29, 1.82) is 0 Å². The quantitative estimate of drug-likeness (QED) is 0.633. The Morgan fingerprint density at radius 1 is 1.00 bits per heavy atom. The van der Waals surface area contributed by atoms with Crippen molar-refractivity contribution in [2.75, 3.05) is 12.4 Å². The summed E-state index contributed by atoms with van der Waals surface area (Å²) < 4.78 is 55.3. The first kappa shape index (κ1) is 8.96. The van der Waals surface area contributed by atoms with Crippen molar-refractivity contribution < 1.29 is 24.5 Å². The summed E-state index contributed by atoms with van der Waals surface area (Å²) in [6, 6.07) is 0. The molecule has 60 valence electrons. The van der Waals surface area contributed by atoms with Crippen LogP contribution in [0, 0.1) is 0 Å². The Bertz CT molecular complexity index is 109. The minimum atomic E-state index is -9.28. The maximum Gasteiger partial charge on any atom is 0.287 e.